The van der Waals surface area contributed by atoms with Gasteiger partial charge in [-0.2, -0.15) is 0 Å². The van der Waals surface area contributed by atoms with E-state index < -0.39 is 16.5 Å². The molecular formula is C22H15Br2NO6. The van der Waals surface area contributed by atoms with Gasteiger partial charge < -0.3 is 14.9 Å². The predicted octanol–water partition coefficient (Wildman–Crippen LogP) is 5.56. The number of rotatable bonds is 4. The molecule has 0 fully saturated rings. The maximum Gasteiger partial charge on any atom is 0.340 e. The van der Waals surface area contributed by atoms with Gasteiger partial charge >= 0.3 is 5.97 Å². The summed E-state index contributed by atoms with van der Waals surface area (Å²) in [5.41, 5.74) is -0.0961. The molecule has 1 unspecified atom stereocenters. The molecule has 2 N–H and O–H groups in total. The molecule has 4 rings (SSSR count). The van der Waals surface area contributed by atoms with Gasteiger partial charge in [0.15, 0.2) is 5.60 Å². The molecule has 1 aliphatic rings. The number of carbonyl (C=O) groups is 1. The summed E-state index contributed by atoms with van der Waals surface area (Å²) < 4.78 is 6.12. The number of phenolic OH excluding ortho intramolecular Hbond substituents is 2. The van der Waals surface area contributed by atoms with E-state index in [2.05, 4.69) is 31.9 Å². The van der Waals surface area contributed by atoms with Crippen LogP contribution in [0.1, 0.15) is 39.5 Å². The normalized spacial score (nSPS) is 17.3. The van der Waals surface area contributed by atoms with Crippen LogP contribution in [0.5, 0.6) is 11.5 Å². The fourth-order valence-corrected chi connectivity index (χ4v) is 5.03. The minimum absolute atomic E-state index is 0.00337. The molecule has 0 radical (unpaired) electrons. The van der Waals surface area contributed by atoms with Crippen LogP contribution in [0.2, 0.25) is 0 Å². The minimum Gasteiger partial charge on any atom is -0.506 e. The van der Waals surface area contributed by atoms with Crippen molar-refractivity contribution in [3.05, 3.63) is 95.4 Å². The third-order valence-electron chi connectivity index (χ3n) is 5.39. The lowest BCUT2D eigenvalue weighted by Crippen LogP contribution is -2.30. The molecule has 0 aromatic heterocycles. The first-order chi connectivity index (χ1) is 14.7. The molecule has 3 aromatic rings. The van der Waals surface area contributed by atoms with Crippen molar-refractivity contribution in [3.63, 3.8) is 0 Å². The van der Waals surface area contributed by atoms with Gasteiger partial charge in [0.05, 0.1) is 15.0 Å². The van der Waals surface area contributed by atoms with Crippen LogP contribution in [0.4, 0.5) is 5.69 Å². The van der Waals surface area contributed by atoms with E-state index in [0.29, 0.717) is 23.1 Å². The molecule has 1 heterocycles. The zero-order valence-corrected chi connectivity index (χ0v) is 19.2. The zero-order valence-electron chi connectivity index (χ0n) is 16.1. The molecule has 0 aliphatic carbocycles. The number of fused-ring (bicyclic) bond motifs is 1. The molecule has 7 nitrogen and oxygen atoms in total. The Morgan fingerprint density at radius 1 is 1.06 bits per heavy atom. The average molecular weight is 549 g/mol. The summed E-state index contributed by atoms with van der Waals surface area (Å²) in [5, 5.41) is 32.8. The highest BCUT2D eigenvalue weighted by atomic mass is 79.9. The number of aryl methyl sites for hydroxylation is 1. The molecule has 1 aliphatic heterocycles. The highest BCUT2D eigenvalue weighted by Crippen LogP contribution is 2.54. The van der Waals surface area contributed by atoms with Gasteiger partial charge in [-0.25, -0.2) is 4.79 Å². The Kier molecular flexibility index (Phi) is 5.26. The van der Waals surface area contributed by atoms with E-state index in [-0.39, 0.29) is 37.3 Å². The average Bonchev–Trinajstić information content (AvgIpc) is 3.07. The van der Waals surface area contributed by atoms with Crippen LogP contribution in [0.15, 0.2) is 57.5 Å². The molecule has 0 bridgehead atoms. The van der Waals surface area contributed by atoms with Gasteiger partial charge in [0.1, 0.15) is 16.0 Å². The van der Waals surface area contributed by atoms with Crippen LogP contribution in [-0.4, -0.2) is 21.1 Å². The van der Waals surface area contributed by atoms with E-state index in [1.165, 1.54) is 12.1 Å². The third kappa shape index (κ3) is 3.11. The second-order valence-electron chi connectivity index (χ2n) is 6.99. The van der Waals surface area contributed by atoms with Crippen LogP contribution in [0.25, 0.3) is 0 Å². The van der Waals surface area contributed by atoms with Crippen molar-refractivity contribution in [1.82, 2.24) is 0 Å². The standard InChI is InChI=1S/C22H15Br2NO6/c1-2-11-7-8-12(9-17(11)25(29)30)22(14-6-4-3-5-13(14)21(28)31-22)15-10-16(23)20(27)18(24)19(15)26/h3-10,26-27H,2H2,1H3. The number of esters is 1. The van der Waals surface area contributed by atoms with Crippen LogP contribution in [0, 0.1) is 10.1 Å². The van der Waals surface area contributed by atoms with E-state index in [4.69, 9.17) is 4.74 Å². The maximum atomic E-state index is 12.8. The molecule has 0 saturated heterocycles. The van der Waals surface area contributed by atoms with Gasteiger partial charge in [-0.05, 0) is 50.4 Å². The number of cyclic esters (lactones) is 1. The number of nitro benzene ring substituents is 1. The lowest BCUT2D eigenvalue weighted by atomic mass is 9.79. The summed E-state index contributed by atoms with van der Waals surface area (Å²) in [5.74, 6) is -1.22. The number of ether oxygens (including phenoxy) is 1. The number of benzene rings is 3. The molecule has 0 saturated carbocycles. The molecule has 158 valence electrons. The Balaban J connectivity index is 2.14. The first-order valence-electron chi connectivity index (χ1n) is 9.23. The van der Waals surface area contributed by atoms with Gasteiger partial charge in [-0.3, -0.25) is 10.1 Å². The highest BCUT2D eigenvalue weighted by molar-refractivity contribution is 9.11. The number of carbonyl (C=O) groups excluding carboxylic acids is 1. The maximum absolute atomic E-state index is 12.8. The van der Waals surface area contributed by atoms with Gasteiger partial charge in [0, 0.05) is 28.3 Å². The number of nitrogens with zero attached hydrogens (tertiary/aromatic N) is 1. The molecule has 31 heavy (non-hydrogen) atoms. The first kappa shape index (κ1) is 21.3. The smallest absolute Gasteiger partial charge is 0.340 e. The van der Waals surface area contributed by atoms with E-state index in [0.717, 1.165) is 0 Å². The number of halogens is 2. The Labute approximate surface area is 193 Å². The van der Waals surface area contributed by atoms with Crippen molar-refractivity contribution in [2.45, 2.75) is 18.9 Å². The zero-order chi connectivity index (χ0) is 22.5. The molecular weight excluding hydrogens is 534 g/mol. The van der Waals surface area contributed by atoms with Crippen LogP contribution in [-0.2, 0) is 16.8 Å². The third-order valence-corrected chi connectivity index (χ3v) is 6.74. The van der Waals surface area contributed by atoms with E-state index in [1.807, 2.05) is 6.92 Å². The van der Waals surface area contributed by atoms with Crippen LogP contribution >= 0.6 is 31.9 Å². The van der Waals surface area contributed by atoms with Crippen LogP contribution in [0.3, 0.4) is 0 Å². The number of hydrogen-bond acceptors (Lipinski definition) is 6. The summed E-state index contributed by atoms with van der Waals surface area (Å²) in [6.45, 7) is 1.81. The largest absolute Gasteiger partial charge is 0.506 e. The van der Waals surface area contributed by atoms with Gasteiger partial charge in [-0.15, -0.1) is 0 Å². The molecule has 3 aromatic carbocycles. The van der Waals surface area contributed by atoms with Crippen molar-refractivity contribution < 1.29 is 24.7 Å². The van der Waals surface area contributed by atoms with E-state index in [1.54, 1.807) is 36.4 Å². The van der Waals surface area contributed by atoms with Gasteiger partial charge in [0.2, 0.25) is 0 Å². The number of nitro groups is 1. The number of phenols is 2. The van der Waals surface area contributed by atoms with Crippen molar-refractivity contribution >= 4 is 43.5 Å². The van der Waals surface area contributed by atoms with Gasteiger partial charge in [-0.1, -0.05) is 37.3 Å². The topological polar surface area (TPSA) is 110 Å². The summed E-state index contributed by atoms with van der Waals surface area (Å²) in [6, 6.07) is 12.7. The van der Waals surface area contributed by atoms with Gasteiger partial charge in [0.25, 0.3) is 5.69 Å². The van der Waals surface area contributed by atoms with E-state index in [9.17, 15) is 25.1 Å². The van der Waals surface area contributed by atoms with Crippen molar-refractivity contribution in [1.29, 1.82) is 0 Å². The fourth-order valence-electron chi connectivity index (χ4n) is 3.91. The Morgan fingerprint density at radius 2 is 1.77 bits per heavy atom. The summed E-state index contributed by atoms with van der Waals surface area (Å²) >= 11 is 6.41. The Morgan fingerprint density at radius 3 is 2.45 bits per heavy atom. The van der Waals surface area contributed by atoms with Crippen LogP contribution < -0.4 is 0 Å². The fraction of sp³-hybridized carbons (Fsp3) is 0.136. The van der Waals surface area contributed by atoms with E-state index >= 15 is 0 Å². The molecule has 1 atom stereocenters. The second kappa shape index (κ2) is 7.65. The lowest BCUT2D eigenvalue weighted by molar-refractivity contribution is -0.385. The summed E-state index contributed by atoms with van der Waals surface area (Å²) in [6.07, 6.45) is 0.446. The highest BCUT2D eigenvalue weighted by Gasteiger charge is 2.51. The Bertz CT molecular complexity index is 1260. The molecule has 9 heteroatoms. The SMILES string of the molecule is CCc1ccc(C2(c3cc(Br)c(O)c(Br)c3O)OC(=O)c3ccccc32)cc1[N+](=O)[O-]. The molecule has 0 amide bonds. The monoisotopic (exact) mass is 547 g/mol. The van der Waals surface area contributed by atoms with Crippen molar-refractivity contribution in [3.8, 4) is 11.5 Å². The minimum atomic E-state index is -1.66. The Hall–Kier alpha value is -2.91. The lowest BCUT2D eigenvalue weighted by Gasteiger charge is -2.31. The number of hydrogen-bond donors (Lipinski definition) is 2. The number of aromatic hydroxyl groups is 2. The van der Waals surface area contributed by atoms with Crippen molar-refractivity contribution in [2.75, 3.05) is 0 Å². The predicted molar refractivity (Wildman–Crippen MR) is 119 cm³/mol. The molecule has 0 spiro atoms. The van der Waals surface area contributed by atoms with Crippen molar-refractivity contribution in [2.24, 2.45) is 0 Å². The first-order valence-corrected chi connectivity index (χ1v) is 10.8. The second-order valence-corrected chi connectivity index (χ2v) is 8.63. The quantitative estimate of drug-likeness (QED) is 0.251. The summed E-state index contributed by atoms with van der Waals surface area (Å²) in [7, 11) is 0. The summed E-state index contributed by atoms with van der Waals surface area (Å²) in [4.78, 5) is 24.0.